The number of nitro groups is 1. The number of hydrogen-bond donors (Lipinski definition) is 1. The Labute approximate surface area is 170 Å². The summed E-state index contributed by atoms with van der Waals surface area (Å²) in [5.74, 6) is -0.345. The maximum atomic E-state index is 12.4. The van der Waals surface area contributed by atoms with E-state index in [4.69, 9.17) is 0 Å². The van der Waals surface area contributed by atoms with Crippen molar-refractivity contribution in [1.29, 1.82) is 0 Å². The van der Waals surface area contributed by atoms with E-state index in [9.17, 15) is 19.7 Å². The van der Waals surface area contributed by atoms with Crippen LogP contribution in [0.15, 0.2) is 65.8 Å². The van der Waals surface area contributed by atoms with Crippen molar-refractivity contribution >= 4 is 34.3 Å². The molecule has 2 aromatic carbocycles. The predicted octanol–water partition coefficient (Wildman–Crippen LogP) is 3.81. The van der Waals surface area contributed by atoms with Gasteiger partial charge >= 0.3 is 0 Å². The predicted molar refractivity (Wildman–Crippen MR) is 110 cm³/mol. The number of carbonyl (C=O) groups is 2. The maximum absolute atomic E-state index is 12.4. The summed E-state index contributed by atoms with van der Waals surface area (Å²) in [5, 5.41) is 17.5. The zero-order valence-corrected chi connectivity index (χ0v) is 16.4. The molecule has 0 atom stereocenters. The molecule has 29 heavy (non-hydrogen) atoms. The molecule has 9 nitrogen and oxygen atoms in total. The molecule has 0 saturated heterocycles. The molecule has 1 N–H and O–H groups in total. The molecule has 0 aliphatic rings. The fraction of sp³-hybridized carbons (Fsp3) is 0.105. The summed E-state index contributed by atoms with van der Waals surface area (Å²) in [7, 11) is 3.36. The van der Waals surface area contributed by atoms with Gasteiger partial charge < -0.3 is 10.2 Å². The lowest BCUT2D eigenvalue weighted by atomic mass is 10.2. The van der Waals surface area contributed by atoms with Crippen LogP contribution in [0.5, 0.6) is 0 Å². The largest absolute Gasteiger partial charge is 0.339 e. The molecule has 0 bridgehead atoms. The number of thioether (sulfide) groups is 1. The molecule has 0 spiro atoms. The Hall–Kier alpha value is -3.66. The Morgan fingerprint density at radius 1 is 1.10 bits per heavy atom. The summed E-state index contributed by atoms with van der Waals surface area (Å²) in [5.41, 5.74) is 1.50. The molecule has 0 fully saturated rings. The standard InChI is InChI=1S/C19H17N5O4S/c1-22(2)19(26)29-17-9-3-14(4-10-17)21-18(25)13-11-20-23(12-13)15-5-7-16(8-6-15)24(27)28/h3-12H,1-2H3,(H,21,25). The highest BCUT2D eigenvalue weighted by Crippen LogP contribution is 2.23. The molecule has 0 unspecified atom stereocenters. The molecule has 0 aliphatic carbocycles. The van der Waals surface area contributed by atoms with Gasteiger partial charge in [0.25, 0.3) is 16.8 Å². The average Bonchev–Trinajstić information content (AvgIpc) is 3.20. The van der Waals surface area contributed by atoms with Gasteiger partial charge in [0.1, 0.15) is 0 Å². The van der Waals surface area contributed by atoms with E-state index < -0.39 is 4.92 Å². The van der Waals surface area contributed by atoms with Crippen LogP contribution in [0.25, 0.3) is 5.69 Å². The fourth-order valence-electron chi connectivity index (χ4n) is 2.31. The number of nitrogens with zero attached hydrogens (tertiary/aromatic N) is 4. The zero-order chi connectivity index (χ0) is 21.0. The Bertz CT molecular complexity index is 1050. The van der Waals surface area contributed by atoms with Gasteiger partial charge in [0.05, 0.1) is 22.4 Å². The number of hydrogen-bond acceptors (Lipinski definition) is 6. The van der Waals surface area contributed by atoms with Gasteiger partial charge in [-0.3, -0.25) is 19.7 Å². The number of aromatic nitrogens is 2. The molecule has 148 valence electrons. The van der Waals surface area contributed by atoms with Gasteiger partial charge in [-0.05, 0) is 48.2 Å². The van der Waals surface area contributed by atoms with Crippen LogP contribution in [0.2, 0.25) is 0 Å². The van der Waals surface area contributed by atoms with E-state index in [2.05, 4.69) is 10.4 Å². The van der Waals surface area contributed by atoms with Crippen molar-refractivity contribution in [3.05, 3.63) is 76.6 Å². The number of nitrogens with one attached hydrogen (secondary N) is 1. The van der Waals surface area contributed by atoms with Crippen molar-refractivity contribution in [3.63, 3.8) is 0 Å². The summed E-state index contributed by atoms with van der Waals surface area (Å²) in [6.45, 7) is 0. The summed E-state index contributed by atoms with van der Waals surface area (Å²) < 4.78 is 1.46. The molecule has 3 rings (SSSR count). The Morgan fingerprint density at radius 2 is 1.76 bits per heavy atom. The Kier molecular flexibility index (Phi) is 5.93. The van der Waals surface area contributed by atoms with E-state index >= 15 is 0 Å². The van der Waals surface area contributed by atoms with Gasteiger partial charge in [-0.25, -0.2) is 4.68 Å². The quantitative estimate of drug-likeness (QED) is 0.388. The van der Waals surface area contributed by atoms with Crippen LogP contribution in [0, 0.1) is 10.1 Å². The minimum atomic E-state index is -0.480. The number of nitro benzene ring substituents is 1. The number of anilines is 1. The number of rotatable bonds is 5. The van der Waals surface area contributed by atoms with Crippen LogP contribution in [-0.4, -0.2) is 44.8 Å². The molecule has 1 heterocycles. The smallest absolute Gasteiger partial charge is 0.285 e. The van der Waals surface area contributed by atoms with Crippen molar-refractivity contribution in [2.75, 3.05) is 19.4 Å². The normalized spacial score (nSPS) is 10.4. The average molecular weight is 411 g/mol. The summed E-state index contributed by atoms with van der Waals surface area (Å²) >= 11 is 1.10. The first-order chi connectivity index (χ1) is 13.8. The highest BCUT2D eigenvalue weighted by atomic mass is 32.2. The summed E-state index contributed by atoms with van der Waals surface area (Å²) in [6.07, 6.45) is 2.95. The van der Waals surface area contributed by atoms with E-state index in [0.717, 1.165) is 16.7 Å². The second kappa shape index (κ2) is 8.57. The first-order valence-corrected chi connectivity index (χ1v) is 9.25. The molecule has 0 radical (unpaired) electrons. The zero-order valence-electron chi connectivity index (χ0n) is 15.6. The van der Waals surface area contributed by atoms with Gasteiger partial charge in [0, 0.05) is 43.0 Å². The minimum absolute atomic E-state index is 0.0206. The third kappa shape index (κ3) is 4.99. The number of benzene rings is 2. The highest BCUT2D eigenvalue weighted by molar-refractivity contribution is 8.13. The van der Waals surface area contributed by atoms with Crippen molar-refractivity contribution < 1.29 is 14.5 Å². The lowest BCUT2D eigenvalue weighted by Crippen LogP contribution is -2.16. The van der Waals surface area contributed by atoms with Crippen LogP contribution in [0.3, 0.4) is 0 Å². The second-order valence-corrected chi connectivity index (χ2v) is 7.21. The molecular weight excluding hydrogens is 394 g/mol. The second-order valence-electron chi connectivity index (χ2n) is 6.19. The topological polar surface area (TPSA) is 110 Å². The van der Waals surface area contributed by atoms with Crippen LogP contribution in [0.1, 0.15) is 10.4 Å². The maximum Gasteiger partial charge on any atom is 0.285 e. The highest BCUT2D eigenvalue weighted by Gasteiger charge is 2.12. The molecule has 0 saturated carbocycles. The number of amides is 2. The van der Waals surface area contributed by atoms with Crippen LogP contribution in [0.4, 0.5) is 16.2 Å². The van der Waals surface area contributed by atoms with Crippen molar-refractivity contribution in [3.8, 4) is 5.69 Å². The van der Waals surface area contributed by atoms with E-state index in [-0.39, 0.29) is 16.8 Å². The molecule has 10 heteroatoms. The Morgan fingerprint density at radius 3 is 2.34 bits per heavy atom. The third-order valence-electron chi connectivity index (χ3n) is 3.85. The fourth-order valence-corrected chi connectivity index (χ4v) is 2.97. The van der Waals surface area contributed by atoms with E-state index in [1.807, 2.05) is 0 Å². The molecule has 1 aromatic heterocycles. The van der Waals surface area contributed by atoms with Crippen LogP contribution >= 0.6 is 11.8 Å². The molecule has 3 aromatic rings. The molecule has 2 amide bonds. The molecular formula is C19H17N5O4S. The summed E-state index contributed by atoms with van der Waals surface area (Å²) in [6, 6.07) is 12.8. The van der Waals surface area contributed by atoms with E-state index in [1.54, 1.807) is 50.5 Å². The summed E-state index contributed by atoms with van der Waals surface area (Å²) in [4.78, 5) is 36.7. The SMILES string of the molecule is CN(C)C(=O)Sc1ccc(NC(=O)c2cnn(-c3ccc([N+](=O)[O-])cc3)c2)cc1. The van der Waals surface area contributed by atoms with E-state index in [1.165, 1.54) is 34.1 Å². The van der Waals surface area contributed by atoms with Gasteiger partial charge in [-0.1, -0.05) is 0 Å². The monoisotopic (exact) mass is 411 g/mol. The van der Waals surface area contributed by atoms with Crippen LogP contribution in [-0.2, 0) is 0 Å². The van der Waals surface area contributed by atoms with Crippen molar-refractivity contribution in [2.45, 2.75) is 4.90 Å². The first-order valence-electron chi connectivity index (χ1n) is 8.43. The van der Waals surface area contributed by atoms with E-state index in [0.29, 0.717) is 16.9 Å². The van der Waals surface area contributed by atoms with Gasteiger partial charge in [-0.15, -0.1) is 0 Å². The number of carbonyl (C=O) groups excluding carboxylic acids is 2. The lowest BCUT2D eigenvalue weighted by molar-refractivity contribution is -0.384. The first kappa shape index (κ1) is 20.1. The van der Waals surface area contributed by atoms with Gasteiger partial charge in [0.2, 0.25) is 0 Å². The minimum Gasteiger partial charge on any atom is -0.339 e. The number of non-ortho nitro benzene ring substituents is 1. The van der Waals surface area contributed by atoms with Gasteiger partial charge in [0.15, 0.2) is 0 Å². The third-order valence-corrected chi connectivity index (χ3v) is 4.90. The van der Waals surface area contributed by atoms with Crippen molar-refractivity contribution in [2.24, 2.45) is 0 Å². The molecule has 0 aliphatic heterocycles. The Balaban J connectivity index is 1.65. The van der Waals surface area contributed by atoms with Crippen LogP contribution < -0.4 is 5.32 Å². The van der Waals surface area contributed by atoms with Crippen molar-refractivity contribution in [1.82, 2.24) is 14.7 Å². The van der Waals surface area contributed by atoms with Gasteiger partial charge in [-0.2, -0.15) is 5.10 Å². The lowest BCUT2D eigenvalue weighted by Gasteiger charge is -2.09.